The molecule has 0 bridgehead atoms. The SMILES string of the molecule is CCc1cc(O[C@H]2CC[C@H](N(c3cc(C(C)(C)C)sc3C(=O)O)C(=O)[C@H]3CC[C@H](C)CC3)CC2)cc(CC)n1. The van der Waals surface area contributed by atoms with Crippen molar-refractivity contribution in [2.24, 2.45) is 11.8 Å². The Labute approximate surface area is 238 Å². The fraction of sp³-hybridized carbons (Fsp3) is 0.656. The molecule has 2 heterocycles. The van der Waals surface area contributed by atoms with Crippen molar-refractivity contribution in [3.63, 3.8) is 0 Å². The van der Waals surface area contributed by atoms with Gasteiger partial charge in [-0.05, 0) is 81.6 Å². The third-order valence-electron chi connectivity index (χ3n) is 8.45. The number of anilines is 1. The molecule has 6 nitrogen and oxygen atoms in total. The number of aryl methyl sites for hydroxylation is 2. The first-order chi connectivity index (χ1) is 18.5. The summed E-state index contributed by atoms with van der Waals surface area (Å²) in [6.07, 6.45) is 8.96. The number of amides is 1. The number of aromatic carboxylic acids is 1. The molecule has 39 heavy (non-hydrogen) atoms. The molecule has 2 aliphatic carbocycles. The Balaban J connectivity index is 1.58. The number of nitrogens with zero attached hydrogens (tertiary/aromatic N) is 2. The number of pyridine rings is 1. The first kappa shape index (κ1) is 29.6. The molecule has 2 aromatic rings. The van der Waals surface area contributed by atoms with Crippen molar-refractivity contribution < 1.29 is 19.4 Å². The first-order valence-corrected chi connectivity index (χ1v) is 15.7. The minimum atomic E-state index is -0.950. The van der Waals surface area contributed by atoms with Gasteiger partial charge >= 0.3 is 5.97 Å². The number of hydrogen-bond donors (Lipinski definition) is 1. The van der Waals surface area contributed by atoms with E-state index in [-0.39, 0.29) is 34.3 Å². The number of ether oxygens (including phenoxy) is 1. The number of rotatable bonds is 8. The van der Waals surface area contributed by atoms with E-state index in [1.807, 2.05) is 23.1 Å². The normalized spacial score (nSPS) is 23.8. The Hall–Kier alpha value is -2.41. The lowest BCUT2D eigenvalue weighted by Gasteiger charge is -2.39. The van der Waals surface area contributed by atoms with Gasteiger partial charge in [-0.15, -0.1) is 11.3 Å². The van der Waals surface area contributed by atoms with Gasteiger partial charge in [-0.25, -0.2) is 4.79 Å². The number of carbonyl (C=O) groups excluding carboxylic acids is 1. The maximum absolute atomic E-state index is 14.2. The van der Waals surface area contributed by atoms with E-state index in [2.05, 4.69) is 46.5 Å². The van der Waals surface area contributed by atoms with E-state index in [1.165, 1.54) is 11.3 Å². The summed E-state index contributed by atoms with van der Waals surface area (Å²) in [5.41, 5.74) is 2.50. The summed E-state index contributed by atoms with van der Waals surface area (Å²) < 4.78 is 6.44. The van der Waals surface area contributed by atoms with Crippen LogP contribution in [0, 0.1) is 11.8 Å². The molecular weight excluding hydrogens is 508 g/mol. The molecule has 2 fully saturated rings. The van der Waals surface area contributed by atoms with Crippen molar-refractivity contribution in [3.05, 3.63) is 39.3 Å². The number of hydrogen-bond acceptors (Lipinski definition) is 5. The number of carboxylic acid groups (broad SMARTS) is 1. The molecule has 214 valence electrons. The quantitative estimate of drug-likeness (QED) is 0.360. The van der Waals surface area contributed by atoms with Crippen molar-refractivity contribution in [2.45, 2.75) is 123 Å². The molecule has 0 unspecified atom stereocenters. The molecule has 2 saturated carbocycles. The van der Waals surface area contributed by atoms with Gasteiger partial charge in [0.15, 0.2) is 0 Å². The minimum absolute atomic E-state index is 0.0212. The number of thiophene rings is 1. The standard InChI is InChI=1S/C32H46N2O4S/c1-7-22-17-26(18-23(8-2)33-22)38-25-15-13-24(14-16-25)34(30(35)21-11-9-20(3)10-12-21)27-19-28(32(4,5)6)39-29(27)31(36)37/h17-21,24-25H,7-16H2,1-6H3,(H,36,37)/t20-,21-,24-,25-. The second-order valence-corrected chi connectivity index (χ2v) is 13.6. The molecule has 0 aromatic carbocycles. The lowest BCUT2D eigenvalue weighted by atomic mass is 9.81. The van der Waals surface area contributed by atoms with Gasteiger partial charge in [0.2, 0.25) is 5.91 Å². The average molecular weight is 555 g/mol. The monoisotopic (exact) mass is 554 g/mol. The third-order valence-corrected chi connectivity index (χ3v) is 9.99. The van der Waals surface area contributed by atoms with E-state index < -0.39 is 5.97 Å². The average Bonchev–Trinajstić information content (AvgIpc) is 3.36. The summed E-state index contributed by atoms with van der Waals surface area (Å²) in [6, 6.07) is 6.05. The van der Waals surface area contributed by atoms with Gasteiger partial charge in [0.1, 0.15) is 10.6 Å². The fourth-order valence-corrected chi connectivity index (χ4v) is 6.99. The van der Waals surface area contributed by atoms with Gasteiger partial charge in [-0.2, -0.15) is 0 Å². The maximum Gasteiger partial charge on any atom is 0.348 e. The Morgan fingerprint density at radius 2 is 1.56 bits per heavy atom. The minimum Gasteiger partial charge on any atom is -0.490 e. The van der Waals surface area contributed by atoms with Crippen LogP contribution in [0.15, 0.2) is 18.2 Å². The highest BCUT2D eigenvalue weighted by Crippen LogP contribution is 2.42. The van der Waals surface area contributed by atoms with Crippen LogP contribution in [0.25, 0.3) is 0 Å². The van der Waals surface area contributed by atoms with Crippen LogP contribution in [0.3, 0.4) is 0 Å². The summed E-state index contributed by atoms with van der Waals surface area (Å²) in [5, 5.41) is 10.2. The van der Waals surface area contributed by atoms with Crippen LogP contribution in [-0.4, -0.2) is 34.1 Å². The molecule has 0 radical (unpaired) electrons. The molecule has 0 saturated heterocycles. The molecule has 0 atom stereocenters. The lowest BCUT2D eigenvalue weighted by molar-refractivity contribution is -0.124. The van der Waals surface area contributed by atoms with Crippen molar-refractivity contribution in [3.8, 4) is 5.75 Å². The summed E-state index contributed by atoms with van der Waals surface area (Å²) >= 11 is 1.32. The lowest BCUT2D eigenvalue weighted by Crippen LogP contribution is -2.47. The van der Waals surface area contributed by atoms with Gasteiger partial charge in [0.25, 0.3) is 0 Å². The largest absolute Gasteiger partial charge is 0.490 e. The molecule has 2 aromatic heterocycles. The second kappa shape index (κ2) is 12.4. The van der Waals surface area contributed by atoms with Crippen LogP contribution in [0.1, 0.15) is 119 Å². The van der Waals surface area contributed by atoms with Gasteiger partial charge in [-0.3, -0.25) is 9.78 Å². The van der Waals surface area contributed by atoms with Crippen molar-refractivity contribution in [1.29, 1.82) is 0 Å². The molecule has 4 rings (SSSR count). The van der Waals surface area contributed by atoms with Gasteiger partial charge < -0.3 is 14.7 Å². The van der Waals surface area contributed by atoms with E-state index in [0.29, 0.717) is 11.6 Å². The first-order valence-electron chi connectivity index (χ1n) is 14.9. The highest BCUT2D eigenvalue weighted by molar-refractivity contribution is 7.14. The third kappa shape index (κ3) is 7.03. The van der Waals surface area contributed by atoms with Gasteiger partial charge in [0.05, 0.1) is 11.8 Å². The zero-order chi connectivity index (χ0) is 28.3. The smallest absolute Gasteiger partial charge is 0.348 e. The summed E-state index contributed by atoms with van der Waals surface area (Å²) in [6.45, 7) is 12.8. The topological polar surface area (TPSA) is 79.7 Å². The molecular formula is C32H46N2O4S. The van der Waals surface area contributed by atoms with E-state index in [9.17, 15) is 14.7 Å². The van der Waals surface area contributed by atoms with Crippen LogP contribution in [0.4, 0.5) is 5.69 Å². The molecule has 2 aliphatic rings. The van der Waals surface area contributed by atoms with E-state index >= 15 is 0 Å². The Morgan fingerprint density at radius 3 is 2.08 bits per heavy atom. The Morgan fingerprint density at radius 1 is 0.974 bits per heavy atom. The zero-order valence-corrected chi connectivity index (χ0v) is 25.4. The van der Waals surface area contributed by atoms with Crippen molar-refractivity contribution in [1.82, 2.24) is 4.98 Å². The fourth-order valence-electron chi connectivity index (χ4n) is 5.95. The summed E-state index contributed by atoms with van der Waals surface area (Å²) in [7, 11) is 0. The maximum atomic E-state index is 14.2. The van der Waals surface area contributed by atoms with E-state index in [0.717, 1.165) is 86.2 Å². The van der Waals surface area contributed by atoms with Crippen LogP contribution in [-0.2, 0) is 23.1 Å². The molecule has 1 amide bonds. The van der Waals surface area contributed by atoms with Crippen LogP contribution < -0.4 is 9.64 Å². The second-order valence-electron chi connectivity index (χ2n) is 12.6. The highest BCUT2D eigenvalue weighted by atomic mass is 32.1. The van der Waals surface area contributed by atoms with E-state index in [1.54, 1.807) is 0 Å². The summed E-state index contributed by atoms with van der Waals surface area (Å²) in [4.78, 5) is 34.4. The number of carboxylic acids is 1. The molecule has 0 spiro atoms. The van der Waals surface area contributed by atoms with Crippen molar-refractivity contribution in [2.75, 3.05) is 4.90 Å². The van der Waals surface area contributed by atoms with Crippen LogP contribution >= 0.6 is 11.3 Å². The zero-order valence-electron chi connectivity index (χ0n) is 24.6. The Bertz CT molecular complexity index is 1130. The highest BCUT2D eigenvalue weighted by Gasteiger charge is 2.38. The predicted molar refractivity (Wildman–Crippen MR) is 158 cm³/mol. The molecule has 1 N–H and O–H groups in total. The van der Waals surface area contributed by atoms with Crippen LogP contribution in [0.5, 0.6) is 5.75 Å². The van der Waals surface area contributed by atoms with Gasteiger partial charge in [0, 0.05) is 40.4 Å². The number of carbonyl (C=O) groups is 2. The van der Waals surface area contributed by atoms with Crippen LogP contribution in [0.2, 0.25) is 0 Å². The number of aromatic nitrogens is 1. The van der Waals surface area contributed by atoms with Gasteiger partial charge in [-0.1, -0.05) is 41.5 Å². The molecule has 0 aliphatic heterocycles. The predicted octanol–water partition coefficient (Wildman–Crippen LogP) is 7.81. The summed E-state index contributed by atoms with van der Waals surface area (Å²) in [5.74, 6) is 0.654. The Kier molecular flexibility index (Phi) is 9.41. The van der Waals surface area contributed by atoms with Crippen molar-refractivity contribution >= 4 is 28.9 Å². The molecule has 7 heteroatoms. The van der Waals surface area contributed by atoms with E-state index in [4.69, 9.17) is 4.74 Å².